The van der Waals surface area contributed by atoms with E-state index in [4.69, 9.17) is 11.6 Å². The molecular formula is C13H21N3OS. The number of hydrazine groups is 1. The average Bonchev–Trinajstić information content (AvgIpc) is 2.43. The van der Waals surface area contributed by atoms with Gasteiger partial charge < -0.3 is 5.73 Å². The Balaban J connectivity index is 2.60. The highest BCUT2D eigenvalue weighted by atomic mass is 32.2. The standard InChI is InChI=1S/C13H21N3OS/c1-2-11(14)8-18-9-12(13(17)16-15)10-6-4-3-5-7-10/h3-7,11-12H,2,8-9,14-15H2,1H3,(H,16,17). The number of hydrogen-bond acceptors (Lipinski definition) is 4. The summed E-state index contributed by atoms with van der Waals surface area (Å²) in [6.07, 6.45) is 0.950. The first-order valence-electron chi connectivity index (χ1n) is 6.07. The van der Waals surface area contributed by atoms with Crippen molar-refractivity contribution >= 4 is 17.7 Å². The average molecular weight is 267 g/mol. The van der Waals surface area contributed by atoms with E-state index in [9.17, 15) is 4.79 Å². The van der Waals surface area contributed by atoms with Gasteiger partial charge in [0.1, 0.15) is 0 Å². The van der Waals surface area contributed by atoms with Crippen LogP contribution in [-0.2, 0) is 4.79 Å². The first kappa shape index (κ1) is 15.0. The van der Waals surface area contributed by atoms with Crippen molar-refractivity contribution in [3.05, 3.63) is 35.9 Å². The van der Waals surface area contributed by atoms with Gasteiger partial charge in [-0.15, -0.1) is 0 Å². The first-order chi connectivity index (χ1) is 8.69. The number of carbonyl (C=O) groups excluding carboxylic acids is 1. The zero-order valence-electron chi connectivity index (χ0n) is 10.6. The lowest BCUT2D eigenvalue weighted by molar-refractivity contribution is -0.122. The van der Waals surface area contributed by atoms with Gasteiger partial charge in [0.25, 0.3) is 0 Å². The minimum absolute atomic E-state index is 0.154. The highest BCUT2D eigenvalue weighted by molar-refractivity contribution is 7.99. The van der Waals surface area contributed by atoms with Crippen LogP contribution in [0.4, 0.5) is 0 Å². The van der Waals surface area contributed by atoms with Gasteiger partial charge >= 0.3 is 0 Å². The van der Waals surface area contributed by atoms with Crippen molar-refractivity contribution in [1.29, 1.82) is 0 Å². The molecule has 0 bridgehead atoms. The third kappa shape index (κ3) is 4.68. The lowest BCUT2D eigenvalue weighted by Gasteiger charge is -2.16. The van der Waals surface area contributed by atoms with Crippen molar-refractivity contribution in [3.8, 4) is 0 Å². The number of amides is 1. The second kappa shape index (κ2) is 8.13. The molecule has 2 unspecified atom stereocenters. The van der Waals surface area contributed by atoms with Crippen LogP contribution in [0.25, 0.3) is 0 Å². The Hall–Kier alpha value is -1.04. The van der Waals surface area contributed by atoms with Crippen LogP contribution in [0.2, 0.25) is 0 Å². The Morgan fingerprint density at radius 3 is 2.56 bits per heavy atom. The van der Waals surface area contributed by atoms with Crippen LogP contribution in [0.3, 0.4) is 0 Å². The van der Waals surface area contributed by atoms with E-state index in [1.54, 1.807) is 11.8 Å². The van der Waals surface area contributed by atoms with Gasteiger partial charge in [0.2, 0.25) is 5.91 Å². The number of benzene rings is 1. The zero-order valence-corrected chi connectivity index (χ0v) is 11.5. The minimum Gasteiger partial charge on any atom is -0.327 e. The summed E-state index contributed by atoms with van der Waals surface area (Å²) in [5.74, 6) is 6.42. The van der Waals surface area contributed by atoms with E-state index in [2.05, 4.69) is 12.3 Å². The second-order valence-corrected chi connectivity index (χ2v) is 5.25. The molecule has 1 aromatic rings. The topological polar surface area (TPSA) is 81.1 Å². The summed E-state index contributed by atoms with van der Waals surface area (Å²) in [4.78, 5) is 11.8. The smallest absolute Gasteiger partial charge is 0.242 e. The van der Waals surface area contributed by atoms with E-state index in [1.165, 1.54) is 0 Å². The molecule has 18 heavy (non-hydrogen) atoms. The molecule has 0 aliphatic rings. The van der Waals surface area contributed by atoms with Crippen molar-refractivity contribution in [3.63, 3.8) is 0 Å². The molecule has 100 valence electrons. The molecular weight excluding hydrogens is 246 g/mol. The third-order valence-corrected chi connectivity index (χ3v) is 4.03. The summed E-state index contributed by atoms with van der Waals surface area (Å²) >= 11 is 1.69. The molecule has 1 rings (SSSR count). The van der Waals surface area contributed by atoms with Crippen LogP contribution in [0.5, 0.6) is 0 Å². The predicted molar refractivity (Wildman–Crippen MR) is 77.1 cm³/mol. The molecule has 5 N–H and O–H groups in total. The summed E-state index contributed by atoms with van der Waals surface area (Å²) in [7, 11) is 0. The largest absolute Gasteiger partial charge is 0.327 e. The fraction of sp³-hybridized carbons (Fsp3) is 0.462. The highest BCUT2D eigenvalue weighted by Gasteiger charge is 2.19. The van der Waals surface area contributed by atoms with Crippen LogP contribution < -0.4 is 17.0 Å². The number of thioether (sulfide) groups is 1. The van der Waals surface area contributed by atoms with Crippen molar-refractivity contribution < 1.29 is 4.79 Å². The van der Waals surface area contributed by atoms with Crippen molar-refractivity contribution in [2.45, 2.75) is 25.3 Å². The van der Waals surface area contributed by atoms with Crippen molar-refractivity contribution in [1.82, 2.24) is 5.43 Å². The number of nitrogens with two attached hydrogens (primary N) is 2. The molecule has 4 nitrogen and oxygen atoms in total. The van der Waals surface area contributed by atoms with E-state index in [-0.39, 0.29) is 17.9 Å². The monoisotopic (exact) mass is 267 g/mol. The van der Waals surface area contributed by atoms with Gasteiger partial charge in [-0.3, -0.25) is 10.2 Å². The number of carbonyl (C=O) groups is 1. The molecule has 0 aliphatic heterocycles. The third-order valence-electron chi connectivity index (χ3n) is 2.80. The van der Waals surface area contributed by atoms with Crippen molar-refractivity contribution in [2.24, 2.45) is 11.6 Å². The molecule has 0 heterocycles. The lowest BCUT2D eigenvalue weighted by atomic mass is 10.0. The predicted octanol–water partition coefficient (Wildman–Crippen LogP) is 1.23. The minimum atomic E-state index is -0.217. The Kier molecular flexibility index (Phi) is 6.78. The van der Waals surface area contributed by atoms with E-state index < -0.39 is 0 Å². The molecule has 5 heteroatoms. The number of nitrogens with one attached hydrogen (secondary N) is 1. The van der Waals surface area contributed by atoms with E-state index in [0.29, 0.717) is 5.75 Å². The summed E-state index contributed by atoms with van der Waals surface area (Å²) < 4.78 is 0. The van der Waals surface area contributed by atoms with Crippen LogP contribution >= 0.6 is 11.8 Å². The molecule has 0 aliphatic carbocycles. The Morgan fingerprint density at radius 1 is 1.33 bits per heavy atom. The first-order valence-corrected chi connectivity index (χ1v) is 7.23. The van der Waals surface area contributed by atoms with Gasteiger partial charge in [-0.25, -0.2) is 5.84 Å². The fourth-order valence-corrected chi connectivity index (χ4v) is 2.82. The van der Waals surface area contributed by atoms with E-state index in [1.807, 2.05) is 30.3 Å². The van der Waals surface area contributed by atoms with Crippen LogP contribution in [0, 0.1) is 0 Å². The Labute approximate surface area is 112 Å². The molecule has 0 spiro atoms. The van der Waals surface area contributed by atoms with Gasteiger partial charge in [-0.1, -0.05) is 37.3 Å². The van der Waals surface area contributed by atoms with Crippen LogP contribution in [-0.4, -0.2) is 23.5 Å². The van der Waals surface area contributed by atoms with Crippen LogP contribution in [0.15, 0.2) is 30.3 Å². The summed E-state index contributed by atoms with van der Waals surface area (Å²) in [5.41, 5.74) is 9.08. The molecule has 0 aromatic heterocycles. The molecule has 1 aromatic carbocycles. The molecule has 1 amide bonds. The number of hydrogen-bond donors (Lipinski definition) is 3. The van der Waals surface area contributed by atoms with Gasteiger partial charge in [0, 0.05) is 17.5 Å². The normalized spacial score (nSPS) is 13.9. The van der Waals surface area contributed by atoms with E-state index >= 15 is 0 Å². The molecule has 0 fully saturated rings. The summed E-state index contributed by atoms with van der Waals surface area (Å²) in [5, 5.41) is 0. The maximum atomic E-state index is 11.8. The van der Waals surface area contributed by atoms with Gasteiger partial charge in [-0.05, 0) is 12.0 Å². The highest BCUT2D eigenvalue weighted by Crippen LogP contribution is 2.21. The summed E-state index contributed by atoms with van der Waals surface area (Å²) in [6, 6.07) is 9.86. The zero-order chi connectivity index (χ0) is 13.4. The quantitative estimate of drug-likeness (QED) is 0.394. The molecule has 0 radical (unpaired) electrons. The maximum absolute atomic E-state index is 11.8. The van der Waals surface area contributed by atoms with Gasteiger partial charge in [0.05, 0.1) is 5.92 Å². The Morgan fingerprint density at radius 2 is 2.00 bits per heavy atom. The second-order valence-electron chi connectivity index (χ2n) is 4.18. The molecule has 2 atom stereocenters. The number of rotatable bonds is 7. The van der Waals surface area contributed by atoms with E-state index in [0.717, 1.165) is 17.7 Å². The van der Waals surface area contributed by atoms with Gasteiger partial charge in [-0.2, -0.15) is 11.8 Å². The summed E-state index contributed by atoms with van der Waals surface area (Å²) in [6.45, 7) is 2.06. The molecule has 0 saturated carbocycles. The maximum Gasteiger partial charge on any atom is 0.242 e. The Bertz CT molecular complexity index is 359. The van der Waals surface area contributed by atoms with Crippen LogP contribution in [0.1, 0.15) is 24.8 Å². The lowest BCUT2D eigenvalue weighted by Crippen LogP contribution is -2.36. The van der Waals surface area contributed by atoms with Crippen molar-refractivity contribution in [2.75, 3.05) is 11.5 Å². The fourth-order valence-electron chi connectivity index (χ4n) is 1.56. The van der Waals surface area contributed by atoms with Gasteiger partial charge in [0.15, 0.2) is 0 Å². The SMILES string of the molecule is CCC(N)CSCC(C(=O)NN)c1ccccc1. The molecule has 0 saturated heterocycles.